The number of imidazole rings is 1. The van der Waals surface area contributed by atoms with Crippen LogP contribution in [0.4, 0.5) is 0 Å². The van der Waals surface area contributed by atoms with Crippen molar-refractivity contribution in [2.24, 2.45) is 11.5 Å². The number of carbonyl (C=O) groups excluding carboxylic acids is 4. The average molecular weight is 548 g/mol. The van der Waals surface area contributed by atoms with E-state index in [-0.39, 0.29) is 19.3 Å². The summed E-state index contributed by atoms with van der Waals surface area (Å²) in [6.45, 7) is 0. The van der Waals surface area contributed by atoms with Crippen LogP contribution in [0.1, 0.15) is 24.1 Å². The fourth-order valence-electron chi connectivity index (χ4n) is 3.51. The van der Waals surface area contributed by atoms with Gasteiger partial charge in [-0.15, -0.1) is 0 Å². The van der Waals surface area contributed by atoms with Crippen LogP contribution in [0.3, 0.4) is 0 Å². The van der Waals surface area contributed by atoms with E-state index in [0.717, 1.165) is 5.56 Å². The van der Waals surface area contributed by atoms with Crippen molar-refractivity contribution in [3.05, 3.63) is 54.1 Å². The molecule has 0 aliphatic rings. The third kappa shape index (κ3) is 10.2. The number of hydrogen-bond donors (Lipinski definition) is 7. The van der Waals surface area contributed by atoms with E-state index in [1.165, 1.54) is 24.3 Å². The highest BCUT2D eigenvalue weighted by Gasteiger charge is 2.31. The van der Waals surface area contributed by atoms with Gasteiger partial charge in [0.2, 0.25) is 23.6 Å². The van der Waals surface area contributed by atoms with E-state index in [9.17, 15) is 29.1 Å². The number of H-pyrrole nitrogens is 1. The molecule has 1 aromatic carbocycles. The van der Waals surface area contributed by atoms with Gasteiger partial charge in [0.05, 0.1) is 18.8 Å². The van der Waals surface area contributed by atoms with E-state index in [1.807, 2.05) is 6.26 Å². The first-order valence-electron chi connectivity index (χ1n) is 11.8. The molecule has 0 saturated carbocycles. The molecule has 0 fully saturated rings. The summed E-state index contributed by atoms with van der Waals surface area (Å²) in [6, 6.07) is 4.14. The van der Waals surface area contributed by atoms with Gasteiger partial charge in [0, 0.05) is 24.7 Å². The number of thioether (sulfide) groups is 1. The first-order chi connectivity index (χ1) is 18.1. The second-order valence-corrected chi connectivity index (χ2v) is 9.54. The van der Waals surface area contributed by atoms with Gasteiger partial charge >= 0.3 is 5.97 Å². The van der Waals surface area contributed by atoms with Gasteiger partial charge in [-0.05, 0) is 24.0 Å². The highest BCUT2D eigenvalue weighted by molar-refractivity contribution is 7.98. The first kappa shape index (κ1) is 30.3. The van der Waals surface area contributed by atoms with Crippen molar-refractivity contribution in [2.45, 2.75) is 49.9 Å². The van der Waals surface area contributed by atoms with Crippen LogP contribution in [0.2, 0.25) is 0 Å². The van der Waals surface area contributed by atoms with Gasteiger partial charge < -0.3 is 37.5 Å². The normalized spacial score (nSPS) is 13.9. The molecule has 38 heavy (non-hydrogen) atoms. The van der Waals surface area contributed by atoms with Crippen molar-refractivity contribution < 1.29 is 29.1 Å². The Hall–Kier alpha value is -3.91. The molecule has 206 valence electrons. The van der Waals surface area contributed by atoms with Crippen LogP contribution >= 0.6 is 11.8 Å². The fraction of sp³-hybridized carbons (Fsp3) is 0.417. The quantitative estimate of drug-likeness (QED) is 0.132. The Kier molecular flexibility index (Phi) is 12.3. The first-order valence-corrected chi connectivity index (χ1v) is 13.2. The molecule has 14 heteroatoms. The Morgan fingerprint density at radius 1 is 0.974 bits per heavy atom. The lowest BCUT2D eigenvalue weighted by molar-refractivity contribution is -0.142. The minimum Gasteiger partial charge on any atom is -0.480 e. The number of rotatable bonds is 16. The second kappa shape index (κ2) is 15.4. The molecular weight excluding hydrogens is 514 g/mol. The van der Waals surface area contributed by atoms with Gasteiger partial charge in [-0.3, -0.25) is 19.2 Å². The van der Waals surface area contributed by atoms with E-state index in [4.69, 9.17) is 11.5 Å². The van der Waals surface area contributed by atoms with Gasteiger partial charge in [-0.25, -0.2) is 9.78 Å². The average Bonchev–Trinajstić information content (AvgIpc) is 3.38. The summed E-state index contributed by atoms with van der Waals surface area (Å²) in [5.74, 6) is -3.62. The molecule has 1 aromatic heterocycles. The number of benzene rings is 1. The minimum atomic E-state index is -1.28. The minimum absolute atomic E-state index is 0.0444. The molecule has 0 saturated heterocycles. The third-order valence-electron chi connectivity index (χ3n) is 5.51. The number of carbonyl (C=O) groups is 5. The lowest BCUT2D eigenvalue weighted by Gasteiger charge is -2.25. The van der Waals surface area contributed by atoms with Crippen LogP contribution in [0, 0.1) is 0 Å². The Morgan fingerprint density at radius 2 is 1.61 bits per heavy atom. The number of aromatic nitrogens is 2. The van der Waals surface area contributed by atoms with E-state index in [2.05, 4.69) is 25.9 Å². The third-order valence-corrected chi connectivity index (χ3v) is 6.15. The van der Waals surface area contributed by atoms with E-state index >= 15 is 0 Å². The van der Waals surface area contributed by atoms with Crippen molar-refractivity contribution in [2.75, 3.05) is 12.0 Å². The SMILES string of the molecule is CSCCC(NC(=O)C(N)CC(N)=O)C(=O)NC(Cc1ccccc1)C(=O)NC(Cc1cnc[nH]1)C(=O)O. The standard InChI is InChI=1S/C24H33N7O6S/c1-38-8-7-17(29-21(33)16(25)11-20(26)32)22(34)30-18(9-14-5-3-2-4-6-14)23(35)31-19(24(36)37)10-15-12-27-13-28-15/h2-6,12-13,16-19H,7-11,25H2,1H3,(H2,26,32)(H,27,28)(H,29,33)(H,30,34)(H,31,35)(H,36,37). The smallest absolute Gasteiger partial charge is 0.326 e. The number of nitrogens with two attached hydrogens (primary N) is 2. The van der Waals surface area contributed by atoms with Gasteiger partial charge in [-0.1, -0.05) is 30.3 Å². The monoisotopic (exact) mass is 547 g/mol. The van der Waals surface area contributed by atoms with Crippen LogP contribution in [-0.2, 0) is 36.8 Å². The maximum absolute atomic E-state index is 13.2. The maximum Gasteiger partial charge on any atom is 0.326 e. The Bertz CT molecular complexity index is 1080. The zero-order chi connectivity index (χ0) is 28.1. The number of nitrogens with zero attached hydrogens (tertiary/aromatic N) is 1. The summed E-state index contributed by atoms with van der Waals surface area (Å²) < 4.78 is 0. The predicted molar refractivity (Wildman–Crippen MR) is 141 cm³/mol. The topological polar surface area (TPSA) is 222 Å². The number of nitrogens with one attached hydrogen (secondary N) is 4. The summed E-state index contributed by atoms with van der Waals surface area (Å²) in [7, 11) is 0. The number of hydrogen-bond acceptors (Lipinski definition) is 8. The number of carboxylic acid groups (broad SMARTS) is 1. The van der Waals surface area contributed by atoms with E-state index in [0.29, 0.717) is 11.4 Å². The molecular formula is C24H33N7O6S. The molecule has 0 radical (unpaired) electrons. The van der Waals surface area contributed by atoms with Crippen molar-refractivity contribution in [3.8, 4) is 0 Å². The molecule has 4 atom stereocenters. The molecule has 2 aromatic rings. The van der Waals surface area contributed by atoms with E-state index < -0.39 is 60.2 Å². The molecule has 9 N–H and O–H groups in total. The highest BCUT2D eigenvalue weighted by Crippen LogP contribution is 2.08. The number of primary amides is 1. The van der Waals surface area contributed by atoms with Gasteiger partial charge in [0.1, 0.15) is 18.1 Å². The summed E-state index contributed by atoms with van der Waals surface area (Å²) in [6.07, 6.45) is 4.53. The lowest BCUT2D eigenvalue weighted by atomic mass is 10.0. The lowest BCUT2D eigenvalue weighted by Crippen LogP contribution is -2.58. The number of carboxylic acids is 1. The van der Waals surface area contributed by atoms with Crippen LogP contribution in [0.15, 0.2) is 42.9 Å². The van der Waals surface area contributed by atoms with Crippen LogP contribution < -0.4 is 27.4 Å². The second-order valence-electron chi connectivity index (χ2n) is 8.55. The number of aromatic amines is 1. The zero-order valence-electron chi connectivity index (χ0n) is 20.9. The largest absolute Gasteiger partial charge is 0.480 e. The Balaban J connectivity index is 2.21. The van der Waals surface area contributed by atoms with Crippen molar-refractivity contribution >= 4 is 41.4 Å². The fourth-order valence-corrected chi connectivity index (χ4v) is 3.98. The number of aliphatic carboxylic acids is 1. The molecule has 0 aliphatic heterocycles. The molecule has 0 aliphatic carbocycles. The maximum atomic E-state index is 13.2. The number of amides is 4. The molecule has 1 heterocycles. The summed E-state index contributed by atoms with van der Waals surface area (Å²) >= 11 is 1.45. The predicted octanol–water partition coefficient (Wildman–Crippen LogP) is -1.31. The zero-order valence-corrected chi connectivity index (χ0v) is 21.7. The van der Waals surface area contributed by atoms with Crippen molar-refractivity contribution in [3.63, 3.8) is 0 Å². The molecule has 0 spiro atoms. The molecule has 2 rings (SSSR count). The molecule has 4 unspecified atom stereocenters. The molecule has 13 nitrogen and oxygen atoms in total. The summed E-state index contributed by atoms with van der Waals surface area (Å²) in [5, 5.41) is 17.3. The highest BCUT2D eigenvalue weighted by atomic mass is 32.2. The van der Waals surface area contributed by atoms with Crippen LogP contribution in [0.5, 0.6) is 0 Å². The Labute approximate surface area is 223 Å². The van der Waals surface area contributed by atoms with Crippen molar-refractivity contribution in [1.29, 1.82) is 0 Å². The summed E-state index contributed by atoms with van der Waals surface area (Å²) in [5.41, 5.74) is 12.0. The van der Waals surface area contributed by atoms with Crippen LogP contribution in [-0.4, -0.2) is 80.8 Å². The van der Waals surface area contributed by atoms with Crippen LogP contribution in [0.25, 0.3) is 0 Å². The molecule has 0 bridgehead atoms. The molecule has 4 amide bonds. The van der Waals surface area contributed by atoms with E-state index in [1.54, 1.807) is 30.3 Å². The Morgan fingerprint density at radius 3 is 2.18 bits per heavy atom. The van der Waals surface area contributed by atoms with Gasteiger partial charge in [0.15, 0.2) is 0 Å². The van der Waals surface area contributed by atoms with Gasteiger partial charge in [-0.2, -0.15) is 11.8 Å². The van der Waals surface area contributed by atoms with Gasteiger partial charge in [0.25, 0.3) is 0 Å². The van der Waals surface area contributed by atoms with Crippen molar-refractivity contribution in [1.82, 2.24) is 25.9 Å². The summed E-state index contributed by atoms with van der Waals surface area (Å²) in [4.78, 5) is 68.5.